The Balaban J connectivity index is 2.21. The van der Waals surface area contributed by atoms with Crippen LogP contribution in [0.1, 0.15) is 16.5 Å². The molecular weight excluding hydrogens is 300 g/mol. The van der Waals surface area contributed by atoms with Crippen LogP contribution in [0.2, 0.25) is 0 Å². The van der Waals surface area contributed by atoms with E-state index in [-0.39, 0.29) is 6.04 Å². The topological polar surface area (TPSA) is 48.1 Å². The fourth-order valence-electron chi connectivity index (χ4n) is 1.66. The maximum atomic E-state index is 6.20. The Morgan fingerprint density at radius 1 is 1.53 bits per heavy atom. The predicted octanol–water partition coefficient (Wildman–Crippen LogP) is 3.16. The third-order valence-electron chi connectivity index (χ3n) is 2.50. The number of methoxy groups -OCH3 is 1. The minimum atomic E-state index is -0.0708. The molecule has 2 aromatic rings. The smallest absolute Gasteiger partial charge is 0.124 e. The van der Waals surface area contributed by atoms with Gasteiger partial charge < -0.3 is 10.5 Å². The van der Waals surface area contributed by atoms with Gasteiger partial charge in [0, 0.05) is 33.6 Å². The molecule has 2 N–H and O–H groups in total. The Hall–Kier alpha value is -0.910. The standard InChI is InChI=1S/C12H13BrN2OS/c1-16-12-4-8(13)2-3-10(12)11(14)5-9-6-15-7-17-9/h2-4,6-7,11H,5,14H2,1H3. The van der Waals surface area contributed by atoms with E-state index in [9.17, 15) is 0 Å². The number of benzene rings is 1. The lowest BCUT2D eigenvalue weighted by Gasteiger charge is -2.15. The van der Waals surface area contributed by atoms with Gasteiger partial charge in [0.05, 0.1) is 12.6 Å². The average molecular weight is 313 g/mol. The van der Waals surface area contributed by atoms with Crippen LogP contribution >= 0.6 is 27.3 Å². The zero-order valence-electron chi connectivity index (χ0n) is 9.39. The van der Waals surface area contributed by atoms with E-state index in [1.807, 2.05) is 29.9 Å². The van der Waals surface area contributed by atoms with Gasteiger partial charge in [-0.1, -0.05) is 22.0 Å². The van der Waals surface area contributed by atoms with E-state index in [1.54, 1.807) is 18.4 Å². The molecule has 90 valence electrons. The van der Waals surface area contributed by atoms with E-state index in [4.69, 9.17) is 10.5 Å². The largest absolute Gasteiger partial charge is 0.496 e. The third kappa shape index (κ3) is 3.06. The van der Waals surface area contributed by atoms with Crippen LogP contribution in [0.3, 0.4) is 0 Å². The monoisotopic (exact) mass is 312 g/mol. The fraction of sp³-hybridized carbons (Fsp3) is 0.250. The van der Waals surface area contributed by atoms with Gasteiger partial charge in [0.1, 0.15) is 5.75 Å². The number of nitrogens with zero attached hydrogens (tertiary/aromatic N) is 1. The van der Waals surface area contributed by atoms with Gasteiger partial charge in [0.25, 0.3) is 0 Å². The summed E-state index contributed by atoms with van der Waals surface area (Å²) in [5, 5.41) is 0. The molecule has 0 fully saturated rings. The van der Waals surface area contributed by atoms with Gasteiger partial charge in [0.15, 0.2) is 0 Å². The molecule has 3 nitrogen and oxygen atoms in total. The maximum Gasteiger partial charge on any atom is 0.124 e. The molecule has 1 aromatic carbocycles. The van der Waals surface area contributed by atoms with E-state index in [1.165, 1.54) is 4.88 Å². The minimum Gasteiger partial charge on any atom is -0.496 e. The van der Waals surface area contributed by atoms with Crippen LogP contribution in [0, 0.1) is 0 Å². The number of rotatable bonds is 4. The molecule has 0 aliphatic rings. The Morgan fingerprint density at radius 2 is 2.35 bits per heavy atom. The molecule has 1 unspecified atom stereocenters. The maximum absolute atomic E-state index is 6.20. The number of halogens is 1. The molecular formula is C12H13BrN2OS. The average Bonchev–Trinajstić information content (AvgIpc) is 2.81. The van der Waals surface area contributed by atoms with Crippen LogP contribution in [-0.2, 0) is 6.42 Å². The van der Waals surface area contributed by atoms with E-state index in [2.05, 4.69) is 20.9 Å². The number of hydrogen-bond donors (Lipinski definition) is 1. The Labute approximate surface area is 113 Å². The first-order chi connectivity index (χ1) is 8.20. The van der Waals surface area contributed by atoms with Crippen molar-refractivity contribution in [1.82, 2.24) is 4.98 Å². The summed E-state index contributed by atoms with van der Waals surface area (Å²) in [6, 6.07) is 5.83. The highest BCUT2D eigenvalue weighted by molar-refractivity contribution is 9.10. The third-order valence-corrected chi connectivity index (χ3v) is 3.79. The highest BCUT2D eigenvalue weighted by Crippen LogP contribution is 2.29. The first kappa shape index (κ1) is 12.5. The van der Waals surface area contributed by atoms with Crippen LogP contribution in [-0.4, -0.2) is 12.1 Å². The molecule has 0 aliphatic heterocycles. The van der Waals surface area contributed by atoms with Crippen molar-refractivity contribution in [2.75, 3.05) is 7.11 Å². The lowest BCUT2D eigenvalue weighted by molar-refractivity contribution is 0.405. The normalized spacial score (nSPS) is 12.4. The second kappa shape index (κ2) is 5.62. The summed E-state index contributed by atoms with van der Waals surface area (Å²) in [5.41, 5.74) is 9.03. The Kier molecular flexibility index (Phi) is 4.15. The van der Waals surface area contributed by atoms with Crippen LogP contribution < -0.4 is 10.5 Å². The zero-order valence-corrected chi connectivity index (χ0v) is 11.8. The van der Waals surface area contributed by atoms with Crippen LogP contribution in [0.15, 0.2) is 34.4 Å². The van der Waals surface area contributed by atoms with Crippen LogP contribution in [0.4, 0.5) is 0 Å². The zero-order chi connectivity index (χ0) is 12.3. The van der Waals surface area contributed by atoms with Crippen molar-refractivity contribution in [3.8, 4) is 5.75 Å². The van der Waals surface area contributed by atoms with Crippen molar-refractivity contribution in [3.63, 3.8) is 0 Å². The molecule has 1 atom stereocenters. The molecule has 2 rings (SSSR count). The second-order valence-electron chi connectivity index (χ2n) is 3.66. The number of nitrogens with two attached hydrogens (primary N) is 1. The van der Waals surface area contributed by atoms with Crippen molar-refractivity contribution in [2.24, 2.45) is 5.73 Å². The van der Waals surface area contributed by atoms with E-state index >= 15 is 0 Å². The summed E-state index contributed by atoms with van der Waals surface area (Å²) in [6.45, 7) is 0. The molecule has 0 saturated carbocycles. The molecule has 0 amide bonds. The molecule has 1 aromatic heterocycles. The first-order valence-electron chi connectivity index (χ1n) is 5.17. The SMILES string of the molecule is COc1cc(Br)ccc1C(N)Cc1cncs1. The van der Waals surface area contributed by atoms with Crippen LogP contribution in [0.5, 0.6) is 5.75 Å². The summed E-state index contributed by atoms with van der Waals surface area (Å²) in [4.78, 5) is 5.23. The summed E-state index contributed by atoms with van der Waals surface area (Å²) in [7, 11) is 1.66. The first-order valence-corrected chi connectivity index (χ1v) is 6.84. The summed E-state index contributed by atoms with van der Waals surface area (Å²) in [6.07, 6.45) is 2.64. The van der Waals surface area contributed by atoms with Gasteiger partial charge in [-0.25, -0.2) is 0 Å². The van der Waals surface area contributed by atoms with Crippen molar-refractivity contribution in [2.45, 2.75) is 12.5 Å². The van der Waals surface area contributed by atoms with E-state index in [0.29, 0.717) is 0 Å². The fourth-order valence-corrected chi connectivity index (χ4v) is 2.66. The summed E-state index contributed by atoms with van der Waals surface area (Å²) >= 11 is 5.04. The lowest BCUT2D eigenvalue weighted by atomic mass is 10.0. The van der Waals surface area contributed by atoms with Crippen molar-refractivity contribution >= 4 is 27.3 Å². The van der Waals surface area contributed by atoms with E-state index in [0.717, 1.165) is 22.2 Å². The molecule has 0 bridgehead atoms. The Morgan fingerprint density at radius 3 is 3.00 bits per heavy atom. The van der Waals surface area contributed by atoms with Gasteiger partial charge >= 0.3 is 0 Å². The highest BCUT2D eigenvalue weighted by atomic mass is 79.9. The van der Waals surface area contributed by atoms with Crippen LogP contribution in [0.25, 0.3) is 0 Å². The molecule has 5 heteroatoms. The van der Waals surface area contributed by atoms with Crippen molar-refractivity contribution in [1.29, 1.82) is 0 Å². The Bertz CT molecular complexity index is 487. The highest BCUT2D eigenvalue weighted by Gasteiger charge is 2.13. The summed E-state index contributed by atoms with van der Waals surface area (Å²) < 4.78 is 6.33. The number of thiazole rings is 1. The van der Waals surface area contributed by atoms with Gasteiger partial charge in [0.2, 0.25) is 0 Å². The van der Waals surface area contributed by atoms with Gasteiger partial charge in [-0.2, -0.15) is 0 Å². The molecule has 0 radical (unpaired) electrons. The molecule has 0 spiro atoms. The van der Waals surface area contributed by atoms with E-state index < -0.39 is 0 Å². The number of hydrogen-bond acceptors (Lipinski definition) is 4. The molecule has 17 heavy (non-hydrogen) atoms. The second-order valence-corrected chi connectivity index (χ2v) is 5.55. The van der Waals surface area contributed by atoms with Gasteiger partial charge in [-0.15, -0.1) is 11.3 Å². The molecule has 0 saturated heterocycles. The number of aromatic nitrogens is 1. The van der Waals surface area contributed by atoms with Gasteiger partial charge in [-0.05, 0) is 12.1 Å². The van der Waals surface area contributed by atoms with Crippen molar-refractivity contribution in [3.05, 3.63) is 44.8 Å². The quantitative estimate of drug-likeness (QED) is 0.943. The predicted molar refractivity (Wildman–Crippen MR) is 73.4 cm³/mol. The van der Waals surface area contributed by atoms with Gasteiger partial charge in [-0.3, -0.25) is 4.98 Å². The molecule has 0 aliphatic carbocycles. The number of ether oxygens (including phenoxy) is 1. The molecule has 1 heterocycles. The van der Waals surface area contributed by atoms with Crippen molar-refractivity contribution < 1.29 is 4.74 Å². The lowest BCUT2D eigenvalue weighted by Crippen LogP contribution is -2.13. The summed E-state index contributed by atoms with van der Waals surface area (Å²) in [5.74, 6) is 0.816. The minimum absolute atomic E-state index is 0.0708.